The number of H-pyrrole nitrogens is 1. The molecule has 0 saturated heterocycles. The van der Waals surface area contributed by atoms with Crippen LogP contribution in [0, 0.1) is 12.7 Å². The first-order valence-corrected chi connectivity index (χ1v) is 7.50. The Balaban J connectivity index is 2.08. The Morgan fingerprint density at radius 1 is 1.17 bits per heavy atom. The number of halogens is 1. The van der Waals surface area contributed by atoms with Gasteiger partial charge in [-0.3, -0.25) is 9.59 Å². The highest BCUT2D eigenvalue weighted by Gasteiger charge is 2.26. The summed E-state index contributed by atoms with van der Waals surface area (Å²) in [6.45, 7) is 2.95. The van der Waals surface area contributed by atoms with E-state index in [1.54, 1.807) is 19.1 Å². The van der Waals surface area contributed by atoms with E-state index >= 15 is 0 Å². The molecule has 0 saturated carbocycles. The molecule has 23 heavy (non-hydrogen) atoms. The molecule has 1 aliphatic heterocycles. The molecule has 3 rings (SSSR count). The predicted molar refractivity (Wildman–Crippen MR) is 87.8 cm³/mol. The third-order valence-electron chi connectivity index (χ3n) is 4.05. The summed E-state index contributed by atoms with van der Waals surface area (Å²) in [6.07, 6.45) is 0.738. The van der Waals surface area contributed by atoms with Crippen LogP contribution in [0.2, 0.25) is 0 Å². The third kappa shape index (κ3) is 2.84. The summed E-state index contributed by atoms with van der Waals surface area (Å²) < 4.78 is 13.7. The largest absolute Gasteiger partial charge is 0.373 e. The maximum absolute atomic E-state index is 13.7. The molecule has 0 radical (unpaired) electrons. The highest BCUT2D eigenvalue weighted by atomic mass is 19.1. The fraction of sp³-hybridized carbons (Fsp3) is 0.294. The van der Waals surface area contributed by atoms with Crippen molar-refractivity contribution in [1.82, 2.24) is 4.98 Å². The van der Waals surface area contributed by atoms with Crippen LogP contribution in [0.3, 0.4) is 0 Å². The SMILES string of the molecule is Cc1ccc(C(=O)N2CCCN(C)c3ccc(F)cc32)c(=O)[nH]1. The molecule has 0 spiro atoms. The van der Waals surface area contributed by atoms with Crippen LogP contribution >= 0.6 is 0 Å². The molecule has 2 heterocycles. The van der Waals surface area contributed by atoms with Crippen LogP contribution in [0.4, 0.5) is 15.8 Å². The van der Waals surface area contributed by atoms with Gasteiger partial charge < -0.3 is 14.8 Å². The van der Waals surface area contributed by atoms with Crippen molar-refractivity contribution in [2.24, 2.45) is 0 Å². The monoisotopic (exact) mass is 315 g/mol. The van der Waals surface area contributed by atoms with E-state index in [4.69, 9.17) is 0 Å². The van der Waals surface area contributed by atoms with Crippen molar-refractivity contribution in [2.45, 2.75) is 13.3 Å². The van der Waals surface area contributed by atoms with E-state index in [1.165, 1.54) is 23.1 Å². The van der Waals surface area contributed by atoms with Crippen molar-refractivity contribution in [1.29, 1.82) is 0 Å². The van der Waals surface area contributed by atoms with Crippen molar-refractivity contribution in [3.63, 3.8) is 0 Å². The van der Waals surface area contributed by atoms with E-state index in [0.29, 0.717) is 17.9 Å². The number of rotatable bonds is 1. The van der Waals surface area contributed by atoms with Gasteiger partial charge in [-0.2, -0.15) is 0 Å². The third-order valence-corrected chi connectivity index (χ3v) is 4.05. The van der Waals surface area contributed by atoms with Gasteiger partial charge in [0.2, 0.25) is 0 Å². The van der Waals surface area contributed by atoms with Crippen LogP contribution in [0.5, 0.6) is 0 Å². The van der Waals surface area contributed by atoms with Crippen LogP contribution in [0.1, 0.15) is 22.5 Å². The second-order valence-electron chi connectivity index (χ2n) is 5.75. The zero-order valence-electron chi connectivity index (χ0n) is 13.1. The van der Waals surface area contributed by atoms with Crippen LogP contribution in [-0.4, -0.2) is 31.0 Å². The number of hydrogen-bond acceptors (Lipinski definition) is 3. The Kier molecular flexibility index (Phi) is 3.90. The van der Waals surface area contributed by atoms with Gasteiger partial charge in [0.25, 0.3) is 11.5 Å². The van der Waals surface area contributed by atoms with Gasteiger partial charge >= 0.3 is 0 Å². The molecular formula is C17H18FN3O2. The number of nitrogens with zero attached hydrogens (tertiary/aromatic N) is 2. The number of aromatic nitrogens is 1. The Bertz CT molecular complexity index is 816. The van der Waals surface area contributed by atoms with Crippen molar-refractivity contribution < 1.29 is 9.18 Å². The zero-order valence-corrected chi connectivity index (χ0v) is 13.1. The minimum absolute atomic E-state index is 0.0652. The molecule has 1 N–H and O–H groups in total. The number of anilines is 2. The molecule has 6 heteroatoms. The minimum atomic E-state index is -0.425. The number of fused-ring (bicyclic) bond motifs is 1. The Hall–Kier alpha value is -2.63. The van der Waals surface area contributed by atoms with E-state index in [1.807, 2.05) is 11.9 Å². The number of hydrogen-bond donors (Lipinski definition) is 1. The van der Waals surface area contributed by atoms with Gasteiger partial charge in [0, 0.05) is 25.8 Å². The molecule has 1 aromatic heterocycles. The van der Waals surface area contributed by atoms with Crippen LogP contribution in [0.15, 0.2) is 35.1 Å². The van der Waals surface area contributed by atoms with Crippen molar-refractivity contribution >= 4 is 17.3 Å². The number of nitrogens with one attached hydrogen (secondary N) is 1. The molecule has 0 atom stereocenters. The maximum atomic E-state index is 13.7. The molecule has 5 nitrogen and oxygen atoms in total. The quantitative estimate of drug-likeness (QED) is 0.878. The number of aromatic amines is 1. The van der Waals surface area contributed by atoms with Crippen molar-refractivity contribution in [3.05, 3.63) is 57.8 Å². The van der Waals surface area contributed by atoms with E-state index < -0.39 is 17.3 Å². The summed E-state index contributed by atoms with van der Waals surface area (Å²) in [5, 5.41) is 0. The topological polar surface area (TPSA) is 56.4 Å². The van der Waals surface area contributed by atoms with Crippen LogP contribution in [-0.2, 0) is 0 Å². The number of carbonyl (C=O) groups is 1. The summed E-state index contributed by atoms with van der Waals surface area (Å²) in [5.74, 6) is -0.817. The lowest BCUT2D eigenvalue weighted by molar-refractivity contribution is 0.0986. The second-order valence-corrected chi connectivity index (χ2v) is 5.75. The van der Waals surface area contributed by atoms with Gasteiger partial charge in [-0.25, -0.2) is 4.39 Å². The van der Waals surface area contributed by atoms with Crippen LogP contribution in [0.25, 0.3) is 0 Å². The average molecular weight is 315 g/mol. The molecule has 0 unspecified atom stereocenters. The lowest BCUT2D eigenvalue weighted by Crippen LogP contribution is -2.35. The molecule has 0 bridgehead atoms. The highest BCUT2D eigenvalue weighted by molar-refractivity contribution is 6.07. The van der Waals surface area contributed by atoms with Gasteiger partial charge in [0.05, 0.1) is 11.4 Å². The molecule has 120 valence electrons. The second kappa shape index (κ2) is 5.87. The maximum Gasteiger partial charge on any atom is 0.263 e. The van der Waals surface area contributed by atoms with E-state index in [2.05, 4.69) is 4.98 Å². The van der Waals surface area contributed by atoms with Gasteiger partial charge in [0.1, 0.15) is 11.4 Å². The Morgan fingerprint density at radius 3 is 2.70 bits per heavy atom. The lowest BCUT2D eigenvalue weighted by Gasteiger charge is -2.24. The average Bonchev–Trinajstić information content (AvgIpc) is 2.65. The van der Waals surface area contributed by atoms with Gasteiger partial charge in [-0.05, 0) is 43.7 Å². The number of benzene rings is 1. The standard InChI is InChI=1S/C17H18FN3O2/c1-11-4-6-13(16(22)19-11)17(23)21-9-3-8-20(2)14-7-5-12(18)10-15(14)21/h4-7,10H,3,8-9H2,1-2H3,(H,19,22). The first-order valence-electron chi connectivity index (χ1n) is 7.50. The smallest absolute Gasteiger partial charge is 0.263 e. The normalized spacial score (nSPS) is 14.4. The molecule has 0 fully saturated rings. The molecule has 1 amide bonds. The number of aryl methyl sites for hydroxylation is 1. The molecule has 0 aliphatic carbocycles. The highest BCUT2D eigenvalue weighted by Crippen LogP contribution is 2.32. The zero-order chi connectivity index (χ0) is 16.6. The summed E-state index contributed by atoms with van der Waals surface area (Å²) in [5.41, 5.74) is 1.60. The summed E-state index contributed by atoms with van der Waals surface area (Å²) in [6, 6.07) is 7.59. The van der Waals surface area contributed by atoms with Gasteiger partial charge in [0.15, 0.2) is 0 Å². The van der Waals surface area contributed by atoms with Crippen molar-refractivity contribution in [3.8, 4) is 0 Å². The predicted octanol–water partition coefficient (Wildman–Crippen LogP) is 2.31. The minimum Gasteiger partial charge on any atom is -0.373 e. The van der Waals surface area contributed by atoms with E-state index in [0.717, 1.165) is 18.7 Å². The fourth-order valence-corrected chi connectivity index (χ4v) is 2.84. The van der Waals surface area contributed by atoms with Gasteiger partial charge in [-0.1, -0.05) is 0 Å². The first-order chi connectivity index (χ1) is 11.0. The number of carbonyl (C=O) groups excluding carboxylic acids is 1. The van der Waals surface area contributed by atoms with Gasteiger partial charge in [-0.15, -0.1) is 0 Å². The first kappa shape index (κ1) is 15.3. The Labute approximate surface area is 133 Å². The molecule has 2 aromatic rings. The molecule has 1 aromatic carbocycles. The summed E-state index contributed by atoms with van der Waals surface area (Å²) >= 11 is 0. The summed E-state index contributed by atoms with van der Waals surface area (Å²) in [4.78, 5) is 31.0. The van der Waals surface area contributed by atoms with Crippen molar-refractivity contribution in [2.75, 3.05) is 29.9 Å². The van der Waals surface area contributed by atoms with Crippen LogP contribution < -0.4 is 15.4 Å². The fourth-order valence-electron chi connectivity index (χ4n) is 2.84. The van der Waals surface area contributed by atoms with E-state index in [9.17, 15) is 14.0 Å². The number of pyridine rings is 1. The number of amides is 1. The summed E-state index contributed by atoms with van der Waals surface area (Å²) in [7, 11) is 1.91. The lowest BCUT2D eigenvalue weighted by atomic mass is 10.1. The molecular weight excluding hydrogens is 297 g/mol. The molecule has 1 aliphatic rings. The van der Waals surface area contributed by atoms with E-state index in [-0.39, 0.29) is 5.56 Å². The Morgan fingerprint density at radius 2 is 1.96 bits per heavy atom.